The lowest BCUT2D eigenvalue weighted by Gasteiger charge is -2.21. The van der Waals surface area contributed by atoms with E-state index in [4.69, 9.17) is 9.84 Å². The number of likely N-dealkylation sites (N-methyl/N-ethyl adjacent to an activating group) is 1. The molecule has 19 heavy (non-hydrogen) atoms. The van der Waals surface area contributed by atoms with Crippen LogP contribution in [-0.2, 0) is 14.3 Å². The van der Waals surface area contributed by atoms with Crippen LogP contribution in [0.2, 0.25) is 0 Å². The SMILES string of the molecule is CCCC(CC(=O)O)NC(=O)N(C)CC(=O)OCC. The van der Waals surface area contributed by atoms with Crippen LogP contribution in [0.4, 0.5) is 4.79 Å². The van der Waals surface area contributed by atoms with Gasteiger partial charge in [0.2, 0.25) is 0 Å². The zero-order chi connectivity index (χ0) is 14.8. The fourth-order valence-corrected chi connectivity index (χ4v) is 1.54. The minimum Gasteiger partial charge on any atom is -0.481 e. The molecule has 0 aliphatic heterocycles. The smallest absolute Gasteiger partial charge is 0.325 e. The highest BCUT2D eigenvalue weighted by Crippen LogP contribution is 2.03. The quantitative estimate of drug-likeness (QED) is 0.639. The summed E-state index contributed by atoms with van der Waals surface area (Å²) < 4.78 is 4.73. The molecule has 0 aliphatic carbocycles. The molecule has 0 aliphatic rings. The summed E-state index contributed by atoms with van der Waals surface area (Å²) in [6.07, 6.45) is 1.21. The Morgan fingerprint density at radius 2 is 1.95 bits per heavy atom. The van der Waals surface area contributed by atoms with Crippen molar-refractivity contribution >= 4 is 18.0 Å². The predicted octanol–water partition coefficient (Wildman–Crippen LogP) is 0.834. The van der Waals surface area contributed by atoms with E-state index in [1.807, 2.05) is 6.92 Å². The molecule has 0 aromatic heterocycles. The molecule has 0 fully saturated rings. The second-order valence-corrected chi connectivity index (χ2v) is 4.19. The molecule has 0 spiro atoms. The van der Waals surface area contributed by atoms with Crippen LogP contribution < -0.4 is 5.32 Å². The Kier molecular flexibility index (Phi) is 8.32. The molecule has 0 radical (unpaired) electrons. The van der Waals surface area contributed by atoms with Gasteiger partial charge in [0.25, 0.3) is 0 Å². The van der Waals surface area contributed by atoms with Crippen LogP contribution in [0.25, 0.3) is 0 Å². The van der Waals surface area contributed by atoms with Gasteiger partial charge in [-0.05, 0) is 13.3 Å². The Bertz CT molecular complexity index is 319. The Morgan fingerprint density at radius 1 is 1.32 bits per heavy atom. The Balaban J connectivity index is 4.29. The van der Waals surface area contributed by atoms with Crippen LogP contribution in [0.5, 0.6) is 0 Å². The zero-order valence-corrected chi connectivity index (χ0v) is 11.6. The van der Waals surface area contributed by atoms with E-state index in [9.17, 15) is 14.4 Å². The van der Waals surface area contributed by atoms with Crippen molar-refractivity contribution in [2.75, 3.05) is 20.2 Å². The lowest BCUT2D eigenvalue weighted by Crippen LogP contribution is -2.45. The highest BCUT2D eigenvalue weighted by Gasteiger charge is 2.19. The van der Waals surface area contributed by atoms with Crippen LogP contribution in [0.3, 0.4) is 0 Å². The van der Waals surface area contributed by atoms with Crippen LogP contribution in [0.15, 0.2) is 0 Å². The van der Waals surface area contributed by atoms with Crippen LogP contribution >= 0.6 is 0 Å². The summed E-state index contributed by atoms with van der Waals surface area (Å²) in [5.41, 5.74) is 0. The van der Waals surface area contributed by atoms with E-state index in [2.05, 4.69) is 5.32 Å². The van der Waals surface area contributed by atoms with Gasteiger partial charge in [-0.15, -0.1) is 0 Å². The number of urea groups is 1. The van der Waals surface area contributed by atoms with E-state index in [-0.39, 0.29) is 19.6 Å². The topological polar surface area (TPSA) is 95.9 Å². The van der Waals surface area contributed by atoms with Gasteiger partial charge >= 0.3 is 18.0 Å². The Labute approximate surface area is 112 Å². The summed E-state index contributed by atoms with van der Waals surface area (Å²) >= 11 is 0. The number of hydrogen-bond acceptors (Lipinski definition) is 4. The molecule has 110 valence electrons. The second kappa shape index (κ2) is 9.18. The molecule has 1 unspecified atom stereocenters. The van der Waals surface area contributed by atoms with Gasteiger partial charge in [-0.3, -0.25) is 9.59 Å². The summed E-state index contributed by atoms with van der Waals surface area (Å²) in [4.78, 5) is 34.8. The van der Waals surface area contributed by atoms with Crippen molar-refractivity contribution < 1.29 is 24.2 Å². The van der Waals surface area contributed by atoms with Crippen molar-refractivity contribution in [3.63, 3.8) is 0 Å². The number of carboxylic acid groups (broad SMARTS) is 1. The minimum absolute atomic E-state index is 0.132. The van der Waals surface area contributed by atoms with Gasteiger partial charge in [-0.1, -0.05) is 13.3 Å². The van der Waals surface area contributed by atoms with Gasteiger partial charge in [-0.2, -0.15) is 0 Å². The first-order valence-electron chi connectivity index (χ1n) is 6.29. The second-order valence-electron chi connectivity index (χ2n) is 4.19. The first-order valence-corrected chi connectivity index (χ1v) is 6.29. The van der Waals surface area contributed by atoms with Crippen molar-refractivity contribution in [2.24, 2.45) is 0 Å². The Morgan fingerprint density at radius 3 is 2.42 bits per heavy atom. The maximum atomic E-state index is 11.8. The summed E-state index contributed by atoms with van der Waals surface area (Å²) in [6, 6.07) is -0.910. The number of nitrogens with one attached hydrogen (secondary N) is 1. The number of carbonyl (C=O) groups is 3. The average Bonchev–Trinajstić information content (AvgIpc) is 2.28. The van der Waals surface area contributed by atoms with Gasteiger partial charge < -0.3 is 20.1 Å². The summed E-state index contributed by atoms with van der Waals surface area (Å²) in [5.74, 6) is -1.46. The highest BCUT2D eigenvalue weighted by atomic mass is 16.5. The number of esters is 1. The molecule has 0 bridgehead atoms. The average molecular weight is 274 g/mol. The molecule has 7 nitrogen and oxygen atoms in total. The highest BCUT2D eigenvalue weighted by molar-refractivity contribution is 5.81. The van der Waals surface area contributed by atoms with E-state index in [0.717, 1.165) is 6.42 Å². The third-order valence-corrected chi connectivity index (χ3v) is 2.40. The number of ether oxygens (including phenoxy) is 1. The third kappa shape index (κ3) is 8.01. The molecular weight excluding hydrogens is 252 g/mol. The number of carboxylic acids is 1. The standard InChI is InChI=1S/C12H22N2O5/c1-4-6-9(7-10(15)16)13-12(18)14(3)8-11(17)19-5-2/h9H,4-8H2,1-3H3,(H,13,18)(H,15,16). The van der Waals surface area contributed by atoms with Crippen molar-refractivity contribution in [3.05, 3.63) is 0 Å². The molecule has 0 saturated heterocycles. The Hall–Kier alpha value is -1.79. The van der Waals surface area contributed by atoms with Gasteiger partial charge in [0.1, 0.15) is 6.54 Å². The van der Waals surface area contributed by atoms with Gasteiger partial charge in [0.15, 0.2) is 0 Å². The van der Waals surface area contributed by atoms with Gasteiger partial charge in [0, 0.05) is 13.1 Å². The first-order chi connectivity index (χ1) is 8.90. The number of carbonyl (C=O) groups excluding carboxylic acids is 2. The molecule has 0 saturated carbocycles. The third-order valence-electron chi connectivity index (χ3n) is 2.40. The van der Waals surface area contributed by atoms with Crippen molar-refractivity contribution in [3.8, 4) is 0 Å². The van der Waals surface area contributed by atoms with Crippen molar-refractivity contribution in [1.29, 1.82) is 0 Å². The monoisotopic (exact) mass is 274 g/mol. The maximum Gasteiger partial charge on any atom is 0.325 e. The van der Waals surface area contributed by atoms with Crippen LogP contribution in [0.1, 0.15) is 33.1 Å². The fourth-order valence-electron chi connectivity index (χ4n) is 1.54. The van der Waals surface area contributed by atoms with Crippen LogP contribution in [-0.4, -0.2) is 54.2 Å². The number of aliphatic carboxylic acids is 1. The fraction of sp³-hybridized carbons (Fsp3) is 0.750. The molecule has 1 atom stereocenters. The van der Waals surface area contributed by atoms with E-state index < -0.39 is 24.0 Å². The van der Waals surface area contributed by atoms with Gasteiger partial charge in [0.05, 0.1) is 13.0 Å². The number of hydrogen-bond donors (Lipinski definition) is 2. The zero-order valence-electron chi connectivity index (χ0n) is 11.6. The molecule has 0 heterocycles. The normalized spacial score (nSPS) is 11.5. The van der Waals surface area contributed by atoms with E-state index in [1.165, 1.54) is 11.9 Å². The molecule has 0 rings (SSSR count). The van der Waals surface area contributed by atoms with Crippen LogP contribution in [0, 0.1) is 0 Å². The van der Waals surface area contributed by atoms with Gasteiger partial charge in [-0.25, -0.2) is 4.79 Å². The molecule has 2 amide bonds. The summed E-state index contributed by atoms with van der Waals surface area (Å²) in [6.45, 7) is 3.68. The minimum atomic E-state index is -0.966. The van der Waals surface area contributed by atoms with Crippen molar-refractivity contribution in [2.45, 2.75) is 39.2 Å². The molecular formula is C12H22N2O5. The van der Waals surface area contributed by atoms with E-state index in [0.29, 0.717) is 6.42 Å². The van der Waals surface area contributed by atoms with E-state index >= 15 is 0 Å². The summed E-state index contributed by atoms with van der Waals surface area (Å²) in [5, 5.41) is 11.3. The molecule has 0 aromatic carbocycles. The number of nitrogens with zero attached hydrogens (tertiary/aromatic N) is 1. The number of amides is 2. The first kappa shape index (κ1) is 17.2. The number of rotatable bonds is 8. The largest absolute Gasteiger partial charge is 0.481 e. The lowest BCUT2D eigenvalue weighted by molar-refractivity contribution is -0.143. The maximum absolute atomic E-state index is 11.8. The van der Waals surface area contributed by atoms with E-state index in [1.54, 1.807) is 6.92 Å². The van der Waals surface area contributed by atoms with Crippen molar-refractivity contribution in [1.82, 2.24) is 10.2 Å². The summed E-state index contributed by atoms with van der Waals surface area (Å²) in [7, 11) is 1.45. The molecule has 7 heteroatoms. The predicted molar refractivity (Wildman–Crippen MR) is 68.7 cm³/mol. The lowest BCUT2D eigenvalue weighted by atomic mass is 10.1. The molecule has 2 N–H and O–H groups in total. The molecule has 0 aromatic rings.